The molecule has 6 heteroatoms. The third-order valence-corrected chi connectivity index (χ3v) is 2.80. The van der Waals surface area contributed by atoms with E-state index < -0.39 is 0 Å². The van der Waals surface area contributed by atoms with E-state index in [0.717, 1.165) is 19.3 Å². The zero-order chi connectivity index (χ0) is 14.8. The van der Waals surface area contributed by atoms with Crippen LogP contribution in [0.2, 0.25) is 0 Å². The van der Waals surface area contributed by atoms with Crippen molar-refractivity contribution in [1.82, 2.24) is 5.43 Å². The molecule has 6 nitrogen and oxygen atoms in total. The highest BCUT2D eigenvalue weighted by atomic mass is 16.5. The molecule has 0 aromatic heterocycles. The lowest BCUT2D eigenvalue weighted by atomic mass is 10.2. The van der Waals surface area contributed by atoms with Crippen molar-refractivity contribution in [2.24, 2.45) is 5.84 Å². The van der Waals surface area contributed by atoms with Crippen LogP contribution in [0, 0.1) is 0 Å². The van der Waals surface area contributed by atoms with Gasteiger partial charge in [-0.1, -0.05) is 0 Å². The number of hydrogen-bond acceptors (Lipinski definition) is 5. The van der Waals surface area contributed by atoms with E-state index in [0.29, 0.717) is 30.3 Å². The van der Waals surface area contributed by atoms with Crippen LogP contribution in [-0.4, -0.2) is 26.7 Å². The lowest BCUT2D eigenvalue weighted by Crippen LogP contribution is -2.29. The lowest BCUT2D eigenvalue weighted by Gasteiger charge is -2.10. The number of rotatable bonds is 9. The van der Waals surface area contributed by atoms with Gasteiger partial charge in [-0.2, -0.15) is 0 Å². The molecule has 1 rings (SSSR count). The minimum absolute atomic E-state index is 0.136. The Morgan fingerprint density at radius 2 is 1.65 bits per heavy atom. The van der Waals surface area contributed by atoms with Crippen molar-refractivity contribution >= 4 is 5.91 Å². The number of nitrogens with two attached hydrogens (primary N) is 1. The molecule has 0 saturated carbocycles. The van der Waals surface area contributed by atoms with E-state index in [-0.39, 0.29) is 5.91 Å². The summed E-state index contributed by atoms with van der Waals surface area (Å²) >= 11 is 0. The van der Waals surface area contributed by atoms with Gasteiger partial charge in [-0.25, -0.2) is 5.84 Å². The Kier molecular flexibility index (Phi) is 7.27. The van der Waals surface area contributed by atoms with Crippen LogP contribution in [0.5, 0.6) is 17.2 Å². The van der Waals surface area contributed by atoms with E-state index in [2.05, 4.69) is 5.43 Å². The van der Waals surface area contributed by atoms with E-state index in [1.165, 1.54) is 0 Å². The normalized spacial score (nSPS) is 9.95. The molecule has 0 saturated heterocycles. The van der Waals surface area contributed by atoms with Crippen LogP contribution >= 0.6 is 0 Å². The topological polar surface area (TPSA) is 82.8 Å². The maximum Gasteiger partial charge on any atom is 0.233 e. The van der Waals surface area contributed by atoms with Crippen molar-refractivity contribution in [3.8, 4) is 17.2 Å². The third kappa shape index (κ3) is 5.79. The maximum atomic E-state index is 10.9. The molecular weight excluding hydrogens is 260 g/mol. The average molecular weight is 282 g/mol. The van der Waals surface area contributed by atoms with Crippen molar-refractivity contribution in [3.63, 3.8) is 0 Å². The average Bonchev–Trinajstić information content (AvgIpc) is 2.49. The van der Waals surface area contributed by atoms with Gasteiger partial charge >= 0.3 is 0 Å². The van der Waals surface area contributed by atoms with Crippen molar-refractivity contribution in [2.45, 2.75) is 25.7 Å². The second-order valence-corrected chi connectivity index (χ2v) is 4.28. The standard InChI is InChI=1S/C14H22N2O4/c1-18-11-8-12(19-2)10-13(9-11)20-7-5-3-4-6-14(17)16-15/h8-10H,3-7,15H2,1-2H3,(H,16,17). The Bertz CT molecular complexity index is 401. The number of nitrogens with one attached hydrogen (secondary N) is 1. The molecule has 0 aliphatic carbocycles. The first-order valence-corrected chi connectivity index (χ1v) is 6.55. The number of carbonyl (C=O) groups is 1. The molecule has 3 N–H and O–H groups in total. The van der Waals surface area contributed by atoms with Gasteiger partial charge in [0.25, 0.3) is 0 Å². The summed E-state index contributed by atoms with van der Waals surface area (Å²) in [5.41, 5.74) is 2.11. The molecule has 20 heavy (non-hydrogen) atoms. The third-order valence-electron chi connectivity index (χ3n) is 2.80. The Balaban J connectivity index is 2.29. The van der Waals surface area contributed by atoms with Crippen LogP contribution in [0.15, 0.2) is 18.2 Å². The first kappa shape index (κ1) is 16.1. The lowest BCUT2D eigenvalue weighted by molar-refractivity contribution is -0.121. The highest BCUT2D eigenvalue weighted by Crippen LogP contribution is 2.27. The summed E-state index contributed by atoms with van der Waals surface area (Å²) in [5, 5.41) is 0. The number of hydrogen-bond donors (Lipinski definition) is 2. The van der Waals surface area contributed by atoms with Gasteiger partial charge in [0.05, 0.1) is 20.8 Å². The zero-order valence-electron chi connectivity index (χ0n) is 12.0. The zero-order valence-corrected chi connectivity index (χ0v) is 12.0. The van der Waals surface area contributed by atoms with Crippen LogP contribution < -0.4 is 25.5 Å². The van der Waals surface area contributed by atoms with Gasteiger partial charge in [0.2, 0.25) is 5.91 Å². The Hall–Kier alpha value is -1.95. The largest absolute Gasteiger partial charge is 0.496 e. The van der Waals surface area contributed by atoms with Gasteiger partial charge < -0.3 is 14.2 Å². The Labute approximate surface area is 119 Å². The van der Waals surface area contributed by atoms with Crippen molar-refractivity contribution in [1.29, 1.82) is 0 Å². The summed E-state index contributed by atoms with van der Waals surface area (Å²) in [6.45, 7) is 0.584. The van der Waals surface area contributed by atoms with E-state index in [9.17, 15) is 4.79 Å². The summed E-state index contributed by atoms with van der Waals surface area (Å²) in [6, 6.07) is 5.41. The molecule has 0 heterocycles. The molecule has 0 aliphatic rings. The summed E-state index contributed by atoms with van der Waals surface area (Å²) in [4.78, 5) is 10.9. The van der Waals surface area contributed by atoms with E-state index in [1.54, 1.807) is 20.3 Å². The van der Waals surface area contributed by atoms with Crippen LogP contribution in [0.25, 0.3) is 0 Å². The van der Waals surface area contributed by atoms with Crippen molar-refractivity contribution in [2.75, 3.05) is 20.8 Å². The molecule has 0 fully saturated rings. The van der Waals surface area contributed by atoms with Gasteiger partial charge in [-0.15, -0.1) is 0 Å². The van der Waals surface area contributed by atoms with Gasteiger partial charge in [0.1, 0.15) is 17.2 Å². The quantitative estimate of drug-likeness (QED) is 0.311. The van der Waals surface area contributed by atoms with E-state index >= 15 is 0 Å². The monoisotopic (exact) mass is 282 g/mol. The van der Waals surface area contributed by atoms with Crippen molar-refractivity contribution < 1.29 is 19.0 Å². The molecule has 0 atom stereocenters. The minimum atomic E-state index is -0.136. The molecule has 1 aromatic rings. The van der Waals surface area contributed by atoms with Crippen LogP contribution in [-0.2, 0) is 4.79 Å². The Morgan fingerprint density at radius 3 is 2.20 bits per heavy atom. The highest BCUT2D eigenvalue weighted by Gasteiger charge is 2.03. The number of ether oxygens (including phenoxy) is 3. The molecule has 1 aromatic carbocycles. The predicted molar refractivity (Wildman–Crippen MR) is 75.8 cm³/mol. The number of benzene rings is 1. The first-order valence-electron chi connectivity index (χ1n) is 6.55. The van der Waals surface area contributed by atoms with E-state index in [1.807, 2.05) is 12.1 Å². The number of unbranched alkanes of at least 4 members (excludes halogenated alkanes) is 2. The highest BCUT2D eigenvalue weighted by molar-refractivity contribution is 5.75. The molecule has 1 amide bonds. The van der Waals surface area contributed by atoms with Gasteiger partial charge in [-0.05, 0) is 19.3 Å². The molecule has 0 bridgehead atoms. The second-order valence-electron chi connectivity index (χ2n) is 4.28. The molecule has 0 spiro atoms. The first-order chi connectivity index (χ1) is 9.69. The number of amides is 1. The summed E-state index contributed by atoms with van der Waals surface area (Å²) in [7, 11) is 3.20. The predicted octanol–water partition coefficient (Wildman–Crippen LogP) is 1.63. The van der Waals surface area contributed by atoms with Crippen LogP contribution in [0.1, 0.15) is 25.7 Å². The molecular formula is C14H22N2O4. The molecule has 0 radical (unpaired) electrons. The molecule has 0 aliphatic heterocycles. The second kappa shape index (κ2) is 9.03. The van der Waals surface area contributed by atoms with Crippen LogP contribution in [0.4, 0.5) is 0 Å². The summed E-state index contributed by atoms with van der Waals surface area (Å²) in [5.74, 6) is 6.96. The van der Waals surface area contributed by atoms with Gasteiger partial charge in [-0.3, -0.25) is 10.2 Å². The molecule has 0 unspecified atom stereocenters. The fourth-order valence-electron chi connectivity index (χ4n) is 1.69. The van der Waals surface area contributed by atoms with E-state index in [4.69, 9.17) is 20.1 Å². The van der Waals surface area contributed by atoms with Gasteiger partial charge in [0.15, 0.2) is 0 Å². The van der Waals surface area contributed by atoms with Crippen LogP contribution in [0.3, 0.4) is 0 Å². The number of methoxy groups -OCH3 is 2. The van der Waals surface area contributed by atoms with Crippen molar-refractivity contribution in [3.05, 3.63) is 18.2 Å². The van der Waals surface area contributed by atoms with Gasteiger partial charge in [0, 0.05) is 24.6 Å². The number of carbonyl (C=O) groups excluding carboxylic acids is 1. The Morgan fingerprint density at radius 1 is 1.05 bits per heavy atom. The summed E-state index contributed by atoms with van der Waals surface area (Å²) < 4.78 is 16.0. The fourth-order valence-corrected chi connectivity index (χ4v) is 1.69. The SMILES string of the molecule is COc1cc(OC)cc(OCCCCCC(=O)NN)c1. The summed E-state index contributed by atoms with van der Waals surface area (Å²) in [6.07, 6.45) is 3.03. The minimum Gasteiger partial charge on any atom is -0.496 e. The fraction of sp³-hybridized carbons (Fsp3) is 0.500. The maximum absolute atomic E-state index is 10.9. The molecule has 112 valence electrons. The smallest absolute Gasteiger partial charge is 0.233 e. The number of hydrazine groups is 1.